The summed E-state index contributed by atoms with van der Waals surface area (Å²) in [6.45, 7) is 5.21. The van der Waals surface area contributed by atoms with Crippen molar-refractivity contribution in [3.8, 4) is 17.3 Å². The van der Waals surface area contributed by atoms with Gasteiger partial charge in [-0.2, -0.15) is 9.78 Å². The minimum Gasteiger partial charge on any atom is -0.437 e. The van der Waals surface area contributed by atoms with E-state index in [2.05, 4.69) is 15.1 Å². The van der Waals surface area contributed by atoms with Crippen LogP contribution in [0.5, 0.6) is 11.6 Å². The lowest BCUT2D eigenvalue weighted by atomic mass is 10.2. The smallest absolute Gasteiger partial charge is 0.272 e. The molecule has 3 aromatic rings. The molecule has 0 aliphatic heterocycles. The van der Waals surface area contributed by atoms with Crippen LogP contribution in [0, 0.1) is 17.0 Å². The lowest BCUT2D eigenvalue weighted by Gasteiger charge is -2.14. The summed E-state index contributed by atoms with van der Waals surface area (Å²) in [5.74, 6) is -0.620. The molecule has 14 heteroatoms. The van der Waals surface area contributed by atoms with Crippen LogP contribution in [-0.4, -0.2) is 55.3 Å². The highest BCUT2D eigenvalue weighted by Gasteiger charge is 2.28. The van der Waals surface area contributed by atoms with Crippen LogP contribution < -0.4 is 14.8 Å². The van der Waals surface area contributed by atoms with E-state index >= 15 is 0 Å². The van der Waals surface area contributed by atoms with Gasteiger partial charge in [0, 0.05) is 42.4 Å². The number of methoxy groups -OCH3 is 1. The molecule has 0 radical (unpaired) electrons. The highest BCUT2D eigenvalue weighted by Crippen LogP contribution is 2.35. The maximum absolute atomic E-state index is 13.0. The fourth-order valence-electron chi connectivity index (χ4n) is 3.27. The molecule has 0 saturated carbocycles. The molecule has 0 bridgehead atoms. The van der Waals surface area contributed by atoms with E-state index in [4.69, 9.17) is 21.1 Å². The van der Waals surface area contributed by atoms with Gasteiger partial charge in [-0.3, -0.25) is 14.9 Å². The number of nitro groups is 1. The van der Waals surface area contributed by atoms with Crippen molar-refractivity contribution in [2.75, 3.05) is 20.3 Å². The number of nitrogens with one attached hydrogen (secondary N) is 2. The molecular weight excluding hydrogens is 526 g/mol. The molecule has 1 heterocycles. The maximum atomic E-state index is 13.0. The Morgan fingerprint density at radius 3 is 2.49 bits per heavy atom. The Morgan fingerprint density at radius 2 is 1.89 bits per heavy atom. The van der Waals surface area contributed by atoms with E-state index in [1.807, 2.05) is 0 Å². The van der Waals surface area contributed by atoms with Crippen molar-refractivity contribution >= 4 is 33.2 Å². The number of carbonyl (C=O) groups excluding carboxylic acids is 1. The number of carbonyl (C=O) groups is 1. The van der Waals surface area contributed by atoms with Gasteiger partial charge in [-0.15, -0.1) is 0 Å². The van der Waals surface area contributed by atoms with E-state index in [0.29, 0.717) is 16.3 Å². The molecule has 1 aromatic heterocycles. The zero-order valence-electron chi connectivity index (χ0n) is 20.5. The lowest BCUT2D eigenvalue weighted by Crippen LogP contribution is -2.30. The maximum Gasteiger partial charge on any atom is 0.272 e. The monoisotopic (exact) mass is 551 g/mol. The Bertz CT molecular complexity index is 1410. The summed E-state index contributed by atoms with van der Waals surface area (Å²) in [5.41, 5.74) is 0.417. The number of hydrogen-bond donors (Lipinski definition) is 2. The average Bonchev–Trinajstić information content (AvgIpc) is 3.15. The number of aromatic nitrogens is 2. The summed E-state index contributed by atoms with van der Waals surface area (Å²) in [5, 5.41) is 19.0. The number of sulfonamides is 1. The van der Waals surface area contributed by atoms with Gasteiger partial charge in [-0.05, 0) is 51.1 Å². The third-order valence-corrected chi connectivity index (χ3v) is 6.74. The molecule has 0 aliphatic rings. The minimum absolute atomic E-state index is 0.0402. The largest absolute Gasteiger partial charge is 0.437 e. The lowest BCUT2D eigenvalue weighted by molar-refractivity contribution is -0.385. The van der Waals surface area contributed by atoms with Gasteiger partial charge in [-0.1, -0.05) is 11.6 Å². The number of nitro benzene ring substituents is 1. The van der Waals surface area contributed by atoms with Crippen molar-refractivity contribution in [3.63, 3.8) is 0 Å². The Hall–Kier alpha value is -3.52. The topological polar surface area (TPSA) is 155 Å². The summed E-state index contributed by atoms with van der Waals surface area (Å²) in [6.07, 6.45) is 0. The average molecular weight is 552 g/mol. The Morgan fingerprint density at radius 1 is 1.22 bits per heavy atom. The van der Waals surface area contributed by atoms with Crippen LogP contribution in [0.2, 0.25) is 5.02 Å². The first kappa shape index (κ1) is 28.1. The molecule has 37 heavy (non-hydrogen) atoms. The summed E-state index contributed by atoms with van der Waals surface area (Å²) in [4.78, 5) is 23.0. The normalized spacial score (nSPS) is 11.5. The van der Waals surface area contributed by atoms with Crippen molar-refractivity contribution in [2.24, 2.45) is 0 Å². The molecule has 0 unspecified atom stereocenters. The molecule has 12 nitrogen and oxygen atoms in total. The molecule has 2 aromatic carbocycles. The van der Waals surface area contributed by atoms with Gasteiger partial charge < -0.3 is 14.8 Å². The van der Waals surface area contributed by atoms with Crippen molar-refractivity contribution < 1.29 is 27.6 Å². The standard InChI is InChI=1S/C23H26ClN5O7S/c1-14(2)26-22(30)21-15(3)23(28(27-21)17-7-5-16(24)6-8-17)36-19-10-9-18(29(31)32)13-20(19)37(33,34)25-11-12-35-4/h5-10,13-14,25H,11-12H2,1-4H3,(H,26,30). The number of rotatable bonds is 11. The molecule has 198 valence electrons. The Balaban J connectivity index is 2.17. The number of halogens is 1. The summed E-state index contributed by atoms with van der Waals surface area (Å²) in [7, 11) is -2.84. The zero-order chi connectivity index (χ0) is 27.3. The minimum atomic E-state index is -4.25. The molecule has 2 N–H and O–H groups in total. The third kappa shape index (κ3) is 6.63. The Labute approximate surface area is 218 Å². The number of hydrogen-bond acceptors (Lipinski definition) is 8. The van der Waals surface area contributed by atoms with Crippen LogP contribution in [0.1, 0.15) is 29.9 Å². The summed E-state index contributed by atoms with van der Waals surface area (Å²) >= 11 is 6.01. The van der Waals surface area contributed by atoms with Crippen LogP contribution >= 0.6 is 11.6 Å². The van der Waals surface area contributed by atoms with Gasteiger partial charge >= 0.3 is 0 Å². The van der Waals surface area contributed by atoms with E-state index < -0.39 is 31.4 Å². The highest BCUT2D eigenvalue weighted by atomic mass is 35.5. The van der Waals surface area contributed by atoms with E-state index in [1.165, 1.54) is 17.9 Å². The molecule has 0 spiro atoms. The SMILES string of the molecule is COCCNS(=O)(=O)c1cc([N+](=O)[O-])ccc1Oc1c(C)c(C(=O)NC(C)C)nn1-c1ccc(Cl)cc1. The van der Waals surface area contributed by atoms with E-state index in [1.54, 1.807) is 45.0 Å². The second-order valence-electron chi connectivity index (χ2n) is 8.18. The van der Waals surface area contributed by atoms with E-state index in [0.717, 1.165) is 12.1 Å². The molecule has 3 rings (SSSR count). The van der Waals surface area contributed by atoms with E-state index in [9.17, 15) is 23.3 Å². The fraction of sp³-hybridized carbons (Fsp3) is 0.304. The van der Waals surface area contributed by atoms with Crippen LogP contribution in [0.4, 0.5) is 5.69 Å². The van der Waals surface area contributed by atoms with Crippen molar-refractivity contribution in [1.82, 2.24) is 19.8 Å². The van der Waals surface area contributed by atoms with Crippen LogP contribution in [0.3, 0.4) is 0 Å². The molecule has 0 aliphatic carbocycles. The summed E-state index contributed by atoms with van der Waals surface area (Å²) in [6, 6.07) is 9.55. The van der Waals surface area contributed by atoms with Gasteiger partial charge in [0.25, 0.3) is 11.6 Å². The van der Waals surface area contributed by atoms with Crippen LogP contribution in [0.15, 0.2) is 47.4 Å². The number of non-ortho nitro benzene ring substituents is 1. The van der Waals surface area contributed by atoms with Crippen LogP contribution in [0.25, 0.3) is 5.69 Å². The summed E-state index contributed by atoms with van der Waals surface area (Å²) < 4.78 is 40.6. The van der Waals surface area contributed by atoms with Crippen molar-refractivity contribution in [3.05, 3.63) is 68.9 Å². The van der Waals surface area contributed by atoms with Crippen molar-refractivity contribution in [1.29, 1.82) is 0 Å². The highest BCUT2D eigenvalue weighted by molar-refractivity contribution is 7.89. The fourth-order valence-corrected chi connectivity index (χ4v) is 4.55. The Kier molecular flexibility index (Phi) is 8.86. The number of amides is 1. The number of ether oxygens (including phenoxy) is 2. The first-order chi connectivity index (χ1) is 17.4. The predicted octanol–water partition coefficient (Wildman–Crippen LogP) is 3.60. The number of benzene rings is 2. The van der Waals surface area contributed by atoms with Crippen LogP contribution in [-0.2, 0) is 14.8 Å². The first-order valence-corrected chi connectivity index (χ1v) is 12.9. The van der Waals surface area contributed by atoms with Crippen molar-refractivity contribution in [2.45, 2.75) is 31.7 Å². The van der Waals surface area contributed by atoms with Gasteiger partial charge in [-0.25, -0.2) is 13.1 Å². The zero-order valence-corrected chi connectivity index (χ0v) is 22.1. The van der Waals surface area contributed by atoms with Gasteiger partial charge in [0.1, 0.15) is 10.6 Å². The molecule has 1 amide bonds. The second-order valence-corrected chi connectivity index (χ2v) is 10.3. The second kappa shape index (κ2) is 11.7. The first-order valence-electron chi connectivity index (χ1n) is 11.1. The molecular formula is C23H26ClN5O7S. The number of nitrogens with zero attached hydrogens (tertiary/aromatic N) is 3. The molecule has 0 saturated heterocycles. The van der Waals surface area contributed by atoms with Gasteiger partial charge in [0.05, 0.1) is 17.2 Å². The molecule has 0 fully saturated rings. The van der Waals surface area contributed by atoms with Gasteiger partial charge in [0.15, 0.2) is 5.69 Å². The molecule has 0 atom stereocenters. The quantitative estimate of drug-likeness (QED) is 0.208. The third-order valence-electron chi connectivity index (χ3n) is 5.01. The van der Waals surface area contributed by atoms with Gasteiger partial charge in [0.2, 0.25) is 15.9 Å². The van der Waals surface area contributed by atoms with E-state index in [-0.39, 0.29) is 36.5 Å². The predicted molar refractivity (Wildman–Crippen MR) is 136 cm³/mol.